The molecule has 0 heterocycles. The van der Waals surface area contributed by atoms with Crippen molar-refractivity contribution in [3.8, 4) is 0 Å². The first kappa shape index (κ1) is 21.6. The molecular formula is C20H25F3N4O. The monoisotopic (exact) mass is 394 g/mol. The molecule has 0 unspecified atom stereocenters. The number of urea groups is 1. The zero-order valence-corrected chi connectivity index (χ0v) is 16.4. The number of anilines is 2. The topological polar surface area (TPSA) is 47.6 Å². The summed E-state index contributed by atoms with van der Waals surface area (Å²) in [7, 11) is 7.33. The zero-order chi connectivity index (χ0) is 20.9. The summed E-state index contributed by atoms with van der Waals surface area (Å²) in [5.41, 5.74) is 1.78. The van der Waals surface area contributed by atoms with E-state index in [0.29, 0.717) is 5.69 Å². The molecule has 0 saturated carbocycles. The first-order valence-electron chi connectivity index (χ1n) is 8.72. The minimum Gasteiger partial charge on any atom is -0.376 e. The number of hydrogen-bond acceptors (Lipinski definition) is 3. The fraction of sp³-hybridized carbons (Fsp3) is 0.350. The van der Waals surface area contributed by atoms with Crippen LogP contribution in [0.2, 0.25) is 0 Å². The number of amides is 2. The molecule has 8 heteroatoms. The zero-order valence-electron chi connectivity index (χ0n) is 16.4. The van der Waals surface area contributed by atoms with Gasteiger partial charge in [0.05, 0.1) is 16.9 Å². The van der Waals surface area contributed by atoms with Gasteiger partial charge in [-0.2, -0.15) is 13.2 Å². The maximum absolute atomic E-state index is 13.0. The van der Waals surface area contributed by atoms with E-state index in [0.717, 1.165) is 29.8 Å². The van der Waals surface area contributed by atoms with Crippen LogP contribution < -0.4 is 15.5 Å². The molecule has 2 rings (SSSR count). The van der Waals surface area contributed by atoms with Gasteiger partial charge in [-0.05, 0) is 43.4 Å². The minimum absolute atomic E-state index is 0.0960. The normalized spacial score (nSPS) is 11.4. The summed E-state index contributed by atoms with van der Waals surface area (Å²) in [5.74, 6) is 0. The van der Waals surface area contributed by atoms with Crippen LogP contribution in [0.15, 0.2) is 42.5 Å². The lowest BCUT2D eigenvalue weighted by Gasteiger charge is -2.20. The van der Waals surface area contributed by atoms with Gasteiger partial charge in [-0.3, -0.25) is 0 Å². The van der Waals surface area contributed by atoms with Gasteiger partial charge in [0, 0.05) is 27.2 Å². The molecule has 0 aliphatic carbocycles. The first-order valence-corrected chi connectivity index (χ1v) is 8.72. The van der Waals surface area contributed by atoms with Crippen molar-refractivity contribution in [1.82, 2.24) is 10.2 Å². The average molecular weight is 394 g/mol. The lowest BCUT2D eigenvalue weighted by Crippen LogP contribution is -2.29. The van der Waals surface area contributed by atoms with E-state index in [9.17, 15) is 18.0 Å². The molecule has 28 heavy (non-hydrogen) atoms. The largest absolute Gasteiger partial charge is 0.416 e. The van der Waals surface area contributed by atoms with Gasteiger partial charge in [0.15, 0.2) is 0 Å². The Labute approximate surface area is 163 Å². The summed E-state index contributed by atoms with van der Waals surface area (Å²) >= 11 is 0. The Bertz CT molecular complexity index is 819. The first-order chi connectivity index (χ1) is 13.1. The van der Waals surface area contributed by atoms with Crippen LogP contribution in [0.3, 0.4) is 0 Å². The molecule has 0 bridgehead atoms. The number of benzene rings is 2. The molecule has 0 saturated heterocycles. The molecule has 0 spiro atoms. The number of nitrogens with one attached hydrogen (secondary N) is 2. The molecule has 2 amide bonds. The number of carbonyl (C=O) groups is 1. The lowest BCUT2D eigenvalue weighted by atomic mass is 10.1. The third kappa shape index (κ3) is 6.16. The second kappa shape index (κ2) is 8.97. The Morgan fingerprint density at radius 1 is 1.00 bits per heavy atom. The molecule has 152 valence electrons. The quantitative estimate of drug-likeness (QED) is 0.774. The van der Waals surface area contributed by atoms with Gasteiger partial charge in [-0.1, -0.05) is 24.3 Å². The lowest BCUT2D eigenvalue weighted by molar-refractivity contribution is -0.137. The van der Waals surface area contributed by atoms with Crippen molar-refractivity contribution < 1.29 is 18.0 Å². The second-order valence-corrected chi connectivity index (χ2v) is 6.99. The van der Waals surface area contributed by atoms with E-state index in [-0.39, 0.29) is 12.2 Å². The van der Waals surface area contributed by atoms with Crippen LogP contribution in [-0.2, 0) is 19.3 Å². The van der Waals surface area contributed by atoms with Crippen LogP contribution >= 0.6 is 0 Å². The standard InChI is InChI=1S/C20H25F3N4O/c1-26(2)13-15-7-5-6-14(10-15)12-24-19(28)25-17-11-16(20(21,22)23)8-9-18(17)27(3)4/h5-11H,12-13H2,1-4H3,(H2,24,25,28). The summed E-state index contributed by atoms with van der Waals surface area (Å²) in [6, 6.07) is 10.5. The summed E-state index contributed by atoms with van der Waals surface area (Å²) in [4.78, 5) is 15.9. The van der Waals surface area contributed by atoms with Crippen LogP contribution in [0.5, 0.6) is 0 Å². The van der Waals surface area contributed by atoms with Crippen molar-refractivity contribution in [2.45, 2.75) is 19.3 Å². The number of halogens is 3. The maximum Gasteiger partial charge on any atom is 0.416 e. The van der Waals surface area contributed by atoms with Gasteiger partial charge in [-0.25, -0.2) is 4.79 Å². The number of alkyl halides is 3. The van der Waals surface area contributed by atoms with E-state index in [4.69, 9.17) is 0 Å². The fourth-order valence-electron chi connectivity index (χ4n) is 2.75. The summed E-state index contributed by atoms with van der Waals surface area (Å²) in [5, 5.41) is 5.21. The third-order valence-electron chi connectivity index (χ3n) is 4.00. The number of nitrogens with zero attached hydrogens (tertiary/aromatic N) is 2. The van der Waals surface area contributed by atoms with Crippen LogP contribution in [-0.4, -0.2) is 39.1 Å². The summed E-state index contributed by atoms with van der Waals surface area (Å²) in [6.07, 6.45) is -4.48. The Balaban J connectivity index is 2.08. The molecule has 0 aliphatic heterocycles. The molecule has 0 fully saturated rings. The van der Waals surface area contributed by atoms with E-state index in [1.54, 1.807) is 19.0 Å². The van der Waals surface area contributed by atoms with Crippen LogP contribution in [0.1, 0.15) is 16.7 Å². The molecule has 2 N–H and O–H groups in total. The Morgan fingerprint density at radius 3 is 2.29 bits per heavy atom. The van der Waals surface area contributed by atoms with E-state index in [2.05, 4.69) is 10.6 Å². The number of carbonyl (C=O) groups excluding carboxylic acids is 1. The van der Waals surface area contributed by atoms with Crippen molar-refractivity contribution in [3.05, 3.63) is 59.2 Å². The second-order valence-electron chi connectivity index (χ2n) is 6.99. The smallest absolute Gasteiger partial charge is 0.376 e. The molecule has 2 aromatic rings. The SMILES string of the molecule is CN(C)Cc1cccc(CNC(=O)Nc2cc(C(F)(F)F)ccc2N(C)C)c1. The van der Waals surface area contributed by atoms with Crippen LogP contribution in [0.4, 0.5) is 29.3 Å². The van der Waals surface area contributed by atoms with E-state index in [1.165, 1.54) is 6.07 Å². The van der Waals surface area contributed by atoms with E-state index in [1.807, 2.05) is 43.3 Å². The highest BCUT2D eigenvalue weighted by Gasteiger charge is 2.31. The Morgan fingerprint density at radius 2 is 1.68 bits per heavy atom. The van der Waals surface area contributed by atoms with Crippen molar-refractivity contribution >= 4 is 17.4 Å². The average Bonchev–Trinajstić information content (AvgIpc) is 2.58. The predicted octanol–water partition coefficient (Wildman–Crippen LogP) is 4.15. The molecule has 0 aromatic heterocycles. The third-order valence-corrected chi connectivity index (χ3v) is 4.00. The molecule has 2 aromatic carbocycles. The fourth-order valence-corrected chi connectivity index (χ4v) is 2.75. The summed E-state index contributed by atoms with van der Waals surface area (Å²) in [6.45, 7) is 1.04. The van der Waals surface area contributed by atoms with Gasteiger partial charge < -0.3 is 20.4 Å². The maximum atomic E-state index is 13.0. The number of hydrogen-bond donors (Lipinski definition) is 2. The number of rotatable bonds is 6. The van der Waals surface area contributed by atoms with Crippen molar-refractivity contribution in [3.63, 3.8) is 0 Å². The molecule has 5 nitrogen and oxygen atoms in total. The van der Waals surface area contributed by atoms with Gasteiger partial charge in [0.25, 0.3) is 0 Å². The van der Waals surface area contributed by atoms with E-state index < -0.39 is 17.8 Å². The van der Waals surface area contributed by atoms with E-state index >= 15 is 0 Å². The molecule has 0 aliphatic rings. The highest BCUT2D eigenvalue weighted by Crippen LogP contribution is 2.34. The van der Waals surface area contributed by atoms with Crippen molar-refractivity contribution in [1.29, 1.82) is 0 Å². The molecule has 0 atom stereocenters. The highest BCUT2D eigenvalue weighted by molar-refractivity contribution is 5.93. The van der Waals surface area contributed by atoms with Gasteiger partial charge in [-0.15, -0.1) is 0 Å². The van der Waals surface area contributed by atoms with Crippen LogP contribution in [0, 0.1) is 0 Å². The van der Waals surface area contributed by atoms with Gasteiger partial charge in [0.2, 0.25) is 0 Å². The van der Waals surface area contributed by atoms with Gasteiger partial charge in [0.1, 0.15) is 0 Å². The molecular weight excluding hydrogens is 369 g/mol. The van der Waals surface area contributed by atoms with Crippen molar-refractivity contribution in [2.24, 2.45) is 0 Å². The Kier molecular flexibility index (Phi) is 6.90. The Hall–Kier alpha value is -2.74. The van der Waals surface area contributed by atoms with Crippen molar-refractivity contribution in [2.75, 3.05) is 38.4 Å². The summed E-state index contributed by atoms with van der Waals surface area (Å²) < 4.78 is 39.0. The van der Waals surface area contributed by atoms with Gasteiger partial charge >= 0.3 is 12.2 Å². The minimum atomic E-state index is -4.48. The highest BCUT2D eigenvalue weighted by atomic mass is 19.4. The predicted molar refractivity (Wildman–Crippen MR) is 105 cm³/mol. The van der Waals surface area contributed by atoms with Crippen LogP contribution in [0.25, 0.3) is 0 Å². The molecule has 0 radical (unpaired) electrons.